The molecule has 0 aliphatic carbocycles. The van der Waals surface area contributed by atoms with Gasteiger partial charge in [0.2, 0.25) is 5.82 Å². The number of nitrogens with one attached hydrogen (secondary N) is 1. The highest BCUT2D eigenvalue weighted by molar-refractivity contribution is 7.27. The van der Waals surface area contributed by atoms with E-state index in [9.17, 15) is 19.1 Å². The van der Waals surface area contributed by atoms with Gasteiger partial charge in [-0.15, -0.1) is 18.5 Å². The number of halogens is 1. The number of amides is 2. The number of benzene rings is 1. The highest BCUT2D eigenvalue weighted by Gasteiger charge is 2.32. The van der Waals surface area contributed by atoms with Crippen molar-refractivity contribution in [2.24, 2.45) is 0 Å². The van der Waals surface area contributed by atoms with Crippen molar-refractivity contribution in [2.45, 2.75) is 19.6 Å². The largest absolute Gasteiger partial charge is 0.487 e. The standard InChI is InChI=1S/C22H22FN5O4P2/c1-10-6-24-19(27-18(10)11-3-14(23)13(8-29)17(34)4-11)21(30)26-15-9-32-16-5-12(33)7-25-20(16)28(2)22(15)31/h3-7,15,29H,8-9,33-34H2,1-2H3,(H,26,30)/t15-/m0/s1. The molecule has 1 aliphatic rings. The molecule has 0 spiro atoms. The molecule has 0 saturated heterocycles. The summed E-state index contributed by atoms with van der Waals surface area (Å²) >= 11 is 0. The molecule has 0 bridgehead atoms. The Kier molecular flexibility index (Phi) is 6.84. The molecular weight excluding hydrogens is 479 g/mol. The third-order valence-corrected chi connectivity index (χ3v) is 6.18. The third-order valence-electron chi connectivity index (χ3n) is 5.35. The first-order valence-corrected chi connectivity index (χ1v) is 11.3. The lowest BCUT2D eigenvalue weighted by atomic mass is 10.1. The average Bonchev–Trinajstić information content (AvgIpc) is 2.91. The van der Waals surface area contributed by atoms with E-state index in [-0.39, 0.29) is 18.0 Å². The summed E-state index contributed by atoms with van der Waals surface area (Å²) in [5.74, 6) is -1.07. The highest BCUT2D eigenvalue weighted by atomic mass is 31.0. The molecular formula is C22H22FN5O4P2. The molecule has 1 aliphatic heterocycles. The maximum Gasteiger partial charge on any atom is 0.289 e. The number of anilines is 1. The number of aryl methyl sites for hydroxylation is 1. The van der Waals surface area contributed by atoms with Crippen LogP contribution < -0.4 is 25.6 Å². The molecule has 0 radical (unpaired) electrons. The first-order valence-electron chi connectivity index (χ1n) is 10.2. The van der Waals surface area contributed by atoms with E-state index in [1.165, 1.54) is 17.2 Å². The van der Waals surface area contributed by atoms with E-state index in [0.717, 1.165) is 5.30 Å². The summed E-state index contributed by atoms with van der Waals surface area (Å²) in [6, 6.07) is 3.64. The van der Waals surface area contributed by atoms with Crippen LogP contribution in [0.5, 0.6) is 5.75 Å². The Bertz CT molecular complexity index is 1280. The molecule has 0 saturated carbocycles. The molecule has 2 unspecified atom stereocenters. The van der Waals surface area contributed by atoms with Crippen molar-refractivity contribution in [2.75, 3.05) is 18.6 Å². The van der Waals surface area contributed by atoms with E-state index in [4.69, 9.17) is 4.74 Å². The van der Waals surface area contributed by atoms with Gasteiger partial charge in [0, 0.05) is 30.6 Å². The summed E-state index contributed by atoms with van der Waals surface area (Å²) in [6.07, 6.45) is 3.04. The van der Waals surface area contributed by atoms with Crippen molar-refractivity contribution in [1.29, 1.82) is 0 Å². The smallest absolute Gasteiger partial charge is 0.289 e. The first-order chi connectivity index (χ1) is 16.2. The lowest BCUT2D eigenvalue weighted by Gasteiger charge is -2.19. The normalized spacial score (nSPS) is 15.4. The SMILES string of the molecule is Cc1cnc(C(=O)N[C@H]2COc3cc(P)cnc3N(C)C2=O)nc1-c1cc(F)c(CO)c(P)c1. The first kappa shape index (κ1) is 24.1. The molecule has 3 heterocycles. The Morgan fingerprint density at radius 3 is 2.76 bits per heavy atom. The van der Waals surface area contributed by atoms with Gasteiger partial charge in [-0.2, -0.15) is 0 Å². The van der Waals surface area contributed by atoms with E-state index in [1.54, 1.807) is 32.3 Å². The van der Waals surface area contributed by atoms with E-state index in [0.29, 0.717) is 33.7 Å². The van der Waals surface area contributed by atoms with Gasteiger partial charge in [-0.05, 0) is 41.3 Å². The van der Waals surface area contributed by atoms with Crippen LogP contribution in [0.1, 0.15) is 21.7 Å². The van der Waals surface area contributed by atoms with Crippen LogP contribution in [-0.2, 0) is 11.4 Å². The van der Waals surface area contributed by atoms with Gasteiger partial charge in [0.1, 0.15) is 18.5 Å². The summed E-state index contributed by atoms with van der Waals surface area (Å²) in [5.41, 5.74) is 1.58. The summed E-state index contributed by atoms with van der Waals surface area (Å²) in [7, 11) is 6.44. The fourth-order valence-corrected chi connectivity index (χ4v) is 4.16. The minimum atomic E-state index is -0.993. The Morgan fingerprint density at radius 1 is 1.29 bits per heavy atom. The van der Waals surface area contributed by atoms with Gasteiger partial charge in [-0.25, -0.2) is 19.3 Å². The molecule has 34 heavy (non-hydrogen) atoms. The molecule has 9 nitrogen and oxygen atoms in total. The predicted molar refractivity (Wildman–Crippen MR) is 131 cm³/mol. The molecule has 176 valence electrons. The van der Waals surface area contributed by atoms with Gasteiger partial charge in [0.25, 0.3) is 11.8 Å². The molecule has 3 aromatic rings. The second-order valence-corrected chi connectivity index (χ2v) is 9.02. The van der Waals surface area contributed by atoms with Crippen molar-refractivity contribution in [3.63, 3.8) is 0 Å². The highest BCUT2D eigenvalue weighted by Crippen LogP contribution is 2.28. The fraction of sp³-hybridized carbons (Fsp3) is 0.227. The summed E-state index contributed by atoms with van der Waals surface area (Å²) in [6.45, 7) is 1.20. The molecule has 3 atom stereocenters. The van der Waals surface area contributed by atoms with E-state index < -0.39 is 30.3 Å². The molecule has 0 fully saturated rings. The van der Waals surface area contributed by atoms with Gasteiger partial charge < -0.3 is 15.2 Å². The minimum absolute atomic E-state index is 0.0965. The van der Waals surface area contributed by atoms with Gasteiger partial charge in [-0.3, -0.25) is 14.5 Å². The molecule has 2 amide bonds. The summed E-state index contributed by atoms with van der Waals surface area (Å²) in [5, 5.41) is 13.2. The quantitative estimate of drug-likeness (QED) is 0.504. The number of aliphatic hydroxyl groups excluding tert-OH is 1. The maximum absolute atomic E-state index is 14.4. The lowest BCUT2D eigenvalue weighted by molar-refractivity contribution is -0.120. The number of fused-ring (bicyclic) bond motifs is 1. The number of aliphatic hydroxyl groups is 1. The van der Waals surface area contributed by atoms with Crippen LogP contribution in [-0.4, -0.2) is 51.6 Å². The monoisotopic (exact) mass is 501 g/mol. The lowest BCUT2D eigenvalue weighted by Crippen LogP contribution is -2.49. The predicted octanol–water partition coefficient (Wildman–Crippen LogP) is 0.633. The number of aromatic nitrogens is 3. The van der Waals surface area contributed by atoms with Crippen LogP contribution in [0.4, 0.5) is 10.2 Å². The summed E-state index contributed by atoms with van der Waals surface area (Å²) in [4.78, 5) is 39.8. The van der Waals surface area contributed by atoms with Crippen LogP contribution in [0.3, 0.4) is 0 Å². The van der Waals surface area contributed by atoms with E-state index >= 15 is 0 Å². The molecule has 1 aromatic carbocycles. The van der Waals surface area contributed by atoms with Crippen LogP contribution in [0.15, 0.2) is 30.6 Å². The van der Waals surface area contributed by atoms with Crippen molar-refractivity contribution in [1.82, 2.24) is 20.3 Å². The van der Waals surface area contributed by atoms with Gasteiger partial charge in [0.05, 0.1) is 12.3 Å². The van der Waals surface area contributed by atoms with Crippen molar-refractivity contribution in [3.05, 3.63) is 53.4 Å². The molecule has 4 rings (SSSR count). The Morgan fingerprint density at radius 2 is 2.06 bits per heavy atom. The number of carbonyl (C=O) groups is 2. The van der Waals surface area contributed by atoms with Gasteiger partial charge in [-0.1, -0.05) is 0 Å². The van der Waals surface area contributed by atoms with Crippen LogP contribution in [0.25, 0.3) is 11.3 Å². The minimum Gasteiger partial charge on any atom is -0.487 e. The maximum atomic E-state index is 14.4. The number of hydrogen-bond acceptors (Lipinski definition) is 7. The zero-order chi connectivity index (χ0) is 24.6. The molecule has 2 aromatic heterocycles. The number of hydrogen-bond donors (Lipinski definition) is 2. The Labute approximate surface area is 199 Å². The number of carbonyl (C=O) groups excluding carboxylic acids is 2. The number of nitrogens with zero attached hydrogens (tertiary/aromatic N) is 4. The Hall–Kier alpha value is -3.06. The average molecular weight is 501 g/mol. The number of pyridine rings is 1. The molecule has 2 N–H and O–H groups in total. The second kappa shape index (κ2) is 9.66. The van der Waals surface area contributed by atoms with Gasteiger partial charge in [0.15, 0.2) is 11.6 Å². The van der Waals surface area contributed by atoms with Gasteiger partial charge >= 0.3 is 0 Å². The van der Waals surface area contributed by atoms with E-state index in [1.807, 2.05) is 0 Å². The number of rotatable bonds is 4. The topological polar surface area (TPSA) is 118 Å². The number of ether oxygens (including phenoxy) is 1. The van der Waals surface area contributed by atoms with Crippen molar-refractivity contribution in [3.8, 4) is 17.0 Å². The molecule has 12 heteroatoms. The zero-order valence-electron chi connectivity index (χ0n) is 18.4. The van der Waals surface area contributed by atoms with Crippen LogP contribution in [0.2, 0.25) is 0 Å². The Balaban J connectivity index is 1.59. The fourth-order valence-electron chi connectivity index (χ4n) is 3.52. The second-order valence-electron chi connectivity index (χ2n) is 7.73. The summed E-state index contributed by atoms with van der Waals surface area (Å²) < 4.78 is 20.1. The van der Waals surface area contributed by atoms with E-state index in [2.05, 4.69) is 38.7 Å². The van der Waals surface area contributed by atoms with Crippen LogP contribution >= 0.6 is 18.5 Å². The van der Waals surface area contributed by atoms with Crippen molar-refractivity contribution < 1.29 is 23.8 Å². The zero-order valence-corrected chi connectivity index (χ0v) is 20.7. The third kappa shape index (κ3) is 4.62. The van der Waals surface area contributed by atoms with Crippen LogP contribution in [0, 0.1) is 12.7 Å². The number of likely N-dealkylation sites (N-methyl/N-ethyl adjacent to an activating group) is 1. The van der Waals surface area contributed by atoms with Crippen molar-refractivity contribution >= 4 is 46.7 Å².